The fourth-order valence-electron chi connectivity index (χ4n) is 3.35. The highest BCUT2D eigenvalue weighted by atomic mass is 16.4. The first kappa shape index (κ1) is 13.4. The highest BCUT2D eigenvalue weighted by molar-refractivity contribution is 5.86. The molecule has 1 aliphatic heterocycles. The van der Waals surface area contributed by atoms with Crippen LogP contribution in [0.4, 0.5) is 5.69 Å². The van der Waals surface area contributed by atoms with Crippen LogP contribution in [0.15, 0.2) is 18.3 Å². The second-order valence-electron chi connectivity index (χ2n) is 5.67. The summed E-state index contributed by atoms with van der Waals surface area (Å²) in [7, 11) is 0. The first-order chi connectivity index (χ1) is 9.74. The number of aromatic carboxylic acids is 1. The summed E-state index contributed by atoms with van der Waals surface area (Å²) in [5.41, 5.74) is 1.10. The summed E-state index contributed by atoms with van der Waals surface area (Å²) in [6.07, 6.45) is 7.02. The molecule has 2 fully saturated rings. The first-order valence-electron chi connectivity index (χ1n) is 7.42. The van der Waals surface area contributed by atoms with Gasteiger partial charge in [0.05, 0.1) is 0 Å². The average molecular weight is 275 g/mol. The first-order valence-corrected chi connectivity index (χ1v) is 7.42. The van der Waals surface area contributed by atoms with E-state index in [0.717, 1.165) is 37.9 Å². The molecule has 0 bridgehead atoms. The Morgan fingerprint density at radius 2 is 1.90 bits per heavy atom. The number of carboxylic acids is 1. The molecule has 2 aliphatic rings. The number of hydrogen-bond acceptors (Lipinski definition) is 4. The number of aromatic nitrogens is 1. The topological polar surface area (TPSA) is 56.7 Å². The normalized spacial score (nSPS) is 21.3. The molecule has 1 N–H and O–H groups in total. The van der Waals surface area contributed by atoms with Crippen molar-refractivity contribution in [3.63, 3.8) is 0 Å². The van der Waals surface area contributed by atoms with E-state index >= 15 is 0 Å². The SMILES string of the molecule is O=C(O)c1cc(N2CCN(C3CCCC3)CC2)ccn1. The Morgan fingerprint density at radius 1 is 1.20 bits per heavy atom. The van der Waals surface area contributed by atoms with Crippen LogP contribution in [0, 0.1) is 0 Å². The van der Waals surface area contributed by atoms with Crippen molar-refractivity contribution in [3.05, 3.63) is 24.0 Å². The summed E-state index contributed by atoms with van der Waals surface area (Å²) >= 11 is 0. The largest absolute Gasteiger partial charge is 0.477 e. The summed E-state index contributed by atoms with van der Waals surface area (Å²) in [6.45, 7) is 4.10. The fourth-order valence-corrected chi connectivity index (χ4v) is 3.35. The van der Waals surface area contributed by atoms with E-state index in [1.165, 1.54) is 25.7 Å². The minimum Gasteiger partial charge on any atom is -0.477 e. The van der Waals surface area contributed by atoms with Gasteiger partial charge in [0.25, 0.3) is 0 Å². The van der Waals surface area contributed by atoms with E-state index in [2.05, 4.69) is 14.8 Å². The molecule has 0 radical (unpaired) electrons. The predicted molar refractivity (Wildman–Crippen MR) is 77.2 cm³/mol. The molecule has 1 saturated carbocycles. The van der Waals surface area contributed by atoms with Gasteiger partial charge in [-0.05, 0) is 25.0 Å². The van der Waals surface area contributed by atoms with Gasteiger partial charge < -0.3 is 10.0 Å². The lowest BCUT2D eigenvalue weighted by atomic mass is 10.1. The molecule has 0 unspecified atom stereocenters. The maximum atomic E-state index is 11.0. The van der Waals surface area contributed by atoms with E-state index in [1.54, 1.807) is 12.3 Å². The van der Waals surface area contributed by atoms with Crippen LogP contribution in [-0.4, -0.2) is 53.2 Å². The van der Waals surface area contributed by atoms with Crippen molar-refractivity contribution in [3.8, 4) is 0 Å². The summed E-state index contributed by atoms with van der Waals surface area (Å²) in [5, 5.41) is 9.00. The van der Waals surface area contributed by atoms with Crippen molar-refractivity contribution in [1.82, 2.24) is 9.88 Å². The number of anilines is 1. The van der Waals surface area contributed by atoms with Crippen LogP contribution in [0.3, 0.4) is 0 Å². The van der Waals surface area contributed by atoms with Crippen LogP contribution in [0.5, 0.6) is 0 Å². The van der Waals surface area contributed by atoms with E-state index in [9.17, 15) is 4.79 Å². The molecule has 0 amide bonds. The van der Waals surface area contributed by atoms with Gasteiger partial charge >= 0.3 is 5.97 Å². The number of rotatable bonds is 3. The summed E-state index contributed by atoms with van der Waals surface area (Å²) in [5.74, 6) is -0.962. The molecular weight excluding hydrogens is 254 g/mol. The second kappa shape index (κ2) is 5.79. The second-order valence-corrected chi connectivity index (χ2v) is 5.67. The van der Waals surface area contributed by atoms with Crippen LogP contribution >= 0.6 is 0 Å². The van der Waals surface area contributed by atoms with Gasteiger partial charge in [0, 0.05) is 44.1 Å². The standard InChI is InChI=1S/C15H21N3O2/c19-15(20)14-11-13(5-6-16-14)18-9-7-17(8-10-18)12-3-1-2-4-12/h5-6,11-12H,1-4,7-10H2,(H,19,20). The van der Waals surface area contributed by atoms with Crippen LogP contribution in [0.1, 0.15) is 36.2 Å². The van der Waals surface area contributed by atoms with Gasteiger partial charge in [-0.3, -0.25) is 4.90 Å². The van der Waals surface area contributed by atoms with Gasteiger partial charge in [-0.2, -0.15) is 0 Å². The van der Waals surface area contributed by atoms with Crippen molar-refractivity contribution in [1.29, 1.82) is 0 Å². The Hall–Kier alpha value is -1.62. The molecule has 1 aromatic heterocycles. The average Bonchev–Trinajstić information content (AvgIpc) is 3.02. The Morgan fingerprint density at radius 3 is 2.55 bits per heavy atom. The third kappa shape index (κ3) is 2.77. The summed E-state index contributed by atoms with van der Waals surface area (Å²) in [6, 6.07) is 4.36. The molecule has 0 spiro atoms. The van der Waals surface area contributed by atoms with Gasteiger partial charge in [-0.1, -0.05) is 12.8 Å². The van der Waals surface area contributed by atoms with E-state index in [1.807, 2.05) is 6.07 Å². The number of piperazine rings is 1. The maximum absolute atomic E-state index is 11.0. The molecule has 0 atom stereocenters. The fraction of sp³-hybridized carbons (Fsp3) is 0.600. The monoisotopic (exact) mass is 275 g/mol. The quantitative estimate of drug-likeness (QED) is 0.912. The van der Waals surface area contributed by atoms with Gasteiger partial charge in [-0.25, -0.2) is 9.78 Å². The molecule has 1 aromatic rings. The zero-order valence-corrected chi connectivity index (χ0v) is 11.7. The highest BCUT2D eigenvalue weighted by Crippen LogP contribution is 2.25. The minimum atomic E-state index is -0.962. The van der Waals surface area contributed by atoms with Gasteiger partial charge in [0.15, 0.2) is 0 Å². The van der Waals surface area contributed by atoms with Crippen molar-refractivity contribution >= 4 is 11.7 Å². The van der Waals surface area contributed by atoms with E-state index < -0.39 is 5.97 Å². The molecular formula is C15H21N3O2. The highest BCUT2D eigenvalue weighted by Gasteiger charge is 2.26. The van der Waals surface area contributed by atoms with E-state index in [-0.39, 0.29) is 5.69 Å². The number of hydrogen-bond donors (Lipinski definition) is 1. The smallest absolute Gasteiger partial charge is 0.354 e. The molecule has 2 heterocycles. The zero-order valence-electron chi connectivity index (χ0n) is 11.7. The Kier molecular flexibility index (Phi) is 3.87. The van der Waals surface area contributed by atoms with Crippen LogP contribution in [0.2, 0.25) is 0 Å². The number of carboxylic acid groups (broad SMARTS) is 1. The molecule has 1 aliphatic carbocycles. The molecule has 108 valence electrons. The van der Waals surface area contributed by atoms with E-state index in [0.29, 0.717) is 0 Å². The Bertz CT molecular complexity index is 478. The number of nitrogens with zero attached hydrogens (tertiary/aromatic N) is 3. The summed E-state index contributed by atoms with van der Waals surface area (Å²) < 4.78 is 0. The van der Waals surface area contributed by atoms with E-state index in [4.69, 9.17) is 5.11 Å². The molecule has 20 heavy (non-hydrogen) atoms. The Balaban J connectivity index is 1.62. The molecule has 3 rings (SSSR count). The van der Waals surface area contributed by atoms with Crippen molar-refractivity contribution in [2.24, 2.45) is 0 Å². The molecule has 1 saturated heterocycles. The minimum absolute atomic E-state index is 0.126. The van der Waals surface area contributed by atoms with Gasteiger partial charge in [-0.15, -0.1) is 0 Å². The lowest BCUT2D eigenvalue weighted by molar-refractivity contribution is 0.0690. The van der Waals surface area contributed by atoms with Gasteiger partial charge in [0.2, 0.25) is 0 Å². The third-order valence-corrected chi connectivity index (χ3v) is 4.48. The Labute approximate surface area is 119 Å². The zero-order chi connectivity index (χ0) is 13.9. The molecule has 5 nitrogen and oxygen atoms in total. The maximum Gasteiger partial charge on any atom is 0.354 e. The van der Waals surface area contributed by atoms with Crippen molar-refractivity contribution in [2.45, 2.75) is 31.7 Å². The van der Waals surface area contributed by atoms with Crippen molar-refractivity contribution < 1.29 is 9.90 Å². The number of carbonyl (C=O) groups is 1. The van der Waals surface area contributed by atoms with Gasteiger partial charge in [0.1, 0.15) is 5.69 Å². The summed E-state index contributed by atoms with van der Waals surface area (Å²) in [4.78, 5) is 19.7. The van der Waals surface area contributed by atoms with Crippen LogP contribution in [-0.2, 0) is 0 Å². The van der Waals surface area contributed by atoms with Crippen LogP contribution < -0.4 is 4.90 Å². The van der Waals surface area contributed by atoms with Crippen molar-refractivity contribution in [2.75, 3.05) is 31.1 Å². The number of pyridine rings is 1. The lowest BCUT2D eigenvalue weighted by Gasteiger charge is -2.39. The third-order valence-electron chi connectivity index (χ3n) is 4.48. The molecule has 0 aromatic carbocycles. The lowest BCUT2D eigenvalue weighted by Crippen LogP contribution is -2.49. The predicted octanol–water partition coefficient (Wildman–Crippen LogP) is 1.84. The van der Waals surface area contributed by atoms with Crippen LogP contribution in [0.25, 0.3) is 0 Å². The molecule has 5 heteroatoms.